The molecule has 0 aliphatic heterocycles. The third kappa shape index (κ3) is 3.30. The highest BCUT2D eigenvalue weighted by atomic mass is 16.5. The molecule has 0 spiro atoms. The Balaban J connectivity index is 2.69. The van der Waals surface area contributed by atoms with Crippen molar-refractivity contribution in [3.05, 3.63) is 35.9 Å². The normalized spacial score (nSPS) is 13.2. The molecule has 0 saturated heterocycles. The topological polar surface area (TPSA) is 29.5 Å². The first-order chi connectivity index (χ1) is 6.22. The second-order valence-electron chi connectivity index (χ2n) is 2.87. The molecule has 1 aromatic rings. The maximum atomic E-state index is 9.00. The van der Waals surface area contributed by atoms with Gasteiger partial charge in [0.25, 0.3) is 0 Å². The van der Waals surface area contributed by atoms with Crippen molar-refractivity contribution in [2.75, 3.05) is 7.11 Å². The van der Waals surface area contributed by atoms with Crippen LogP contribution in [0.25, 0.3) is 6.08 Å². The van der Waals surface area contributed by atoms with Gasteiger partial charge in [0.15, 0.2) is 0 Å². The molecule has 2 heteroatoms. The lowest BCUT2D eigenvalue weighted by molar-refractivity contribution is 0.245. The fourth-order valence-electron chi connectivity index (χ4n) is 0.965. The van der Waals surface area contributed by atoms with E-state index in [1.165, 1.54) is 0 Å². The first kappa shape index (κ1) is 9.81. The first-order valence-electron chi connectivity index (χ1n) is 4.22. The zero-order valence-electron chi connectivity index (χ0n) is 7.90. The van der Waals surface area contributed by atoms with Crippen molar-refractivity contribution in [1.82, 2.24) is 0 Å². The monoisotopic (exact) mass is 178 g/mol. The number of hydrogen-bond acceptors (Lipinski definition) is 2. The largest absolute Gasteiger partial charge is 0.497 e. The predicted molar refractivity (Wildman–Crippen MR) is 53.7 cm³/mol. The Kier molecular flexibility index (Phi) is 3.53. The predicted octanol–water partition coefficient (Wildman–Crippen LogP) is 2.09. The van der Waals surface area contributed by atoms with Crippen LogP contribution in [-0.4, -0.2) is 18.3 Å². The van der Waals surface area contributed by atoms with Crippen LogP contribution < -0.4 is 4.74 Å². The van der Waals surface area contributed by atoms with E-state index in [1.807, 2.05) is 30.3 Å². The number of methoxy groups -OCH3 is 1. The van der Waals surface area contributed by atoms with Gasteiger partial charge in [0.2, 0.25) is 0 Å². The molecule has 0 aromatic heterocycles. The summed E-state index contributed by atoms with van der Waals surface area (Å²) in [7, 11) is 1.64. The van der Waals surface area contributed by atoms with Crippen molar-refractivity contribution in [1.29, 1.82) is 0 Å². The molecule has 2 nitrogen and oxygen atoms in total. The summed E-state index contributed by atoms with van der Waals surface area (Å²) < 4.78 is 5.02. The molecule has 13 heavy (non-hydrogen) atoms. The van der Waals surface area contributed by atoms with Crippen LogP contribution in [0.5, 0.6) is 5.75 Å². The van der Waals surface area contributed by atoms with E-state index in [4.69, 9.17) is 9.84 Å². The van der Waals surface area contributed by atoms with E-state index in [0.717, 1.165) is 11.3 Å². The van der Waals surface area contributed by atoms with Gasteiger partial charge >= 0.3 is 0 Å². The van der Waals surface area contributed by atoms with Gasteiger partial charge in [0, 0.05) is 0 Å². The van der Waals surface area contributed by atoms with Crippen LogP contribution >= 0.6 is 0 Å². The lowest BCUT2D eigenvalue weighted by Gasteiger charge is -1.99. The van der Waals surface area contributed by atoms with E-state index >= 15 is 0 Å². The van der Waals surface area contributed by atoms with E-state index in [0.29, 0.717) is 0 Å². The Hall–Kier alpha value is -1.28. The Bertz CT molecular complexity index is 273. The summed E-state index contributed by atoms with van der Waals surface area (Å²) in [6.07, 6.45) is 3.22. The van der Waals surface area contributed by atoms with E-state index in [1.54, 1.807) is 20.1 Å². The minimum atomic E-state index is -0.401. The third-order valence-corrected chi connectivity index (χ3v) is 1.68. The van der Waals surface area contributed by atoms with Crippen molar-refractivity contribution in [2.45, 2.75) is 13.0 Å². The zero-order valence-corrected chi connectivity index (χ0v) is 7.90. The number of hydrogen-bond donors (Lipinski definition) is 1. The van der Waals surface area contributed by atoms with Gasteiger partial charge in [-0.3, -0.25) is 0 Å². The Morgan fingerprint density at radius 3 is 2.38 bits per heavy atom. The first-order valence-corrected chi connectivity index (χ1v) is 4.22. The highest BCUT2D eigenvalue weighted by molar-refractivity contribution is 5.50. The van der Waals surface area contributed by atoms with E-state index in [-0.39, 0.29) is 0 Å². The summed E-state index contributed by atoms with van der Waals surface area (Å²) in [6.45, 7) is 1.72. The van der Waals surface area contributed by atoms with Crippen LogP contribution in [0, 0.1) is 0 Å². The number of rotatable bonds is 3. The molecule has 1 aromatic carbocycles. The summed E-state index contributed by atoms with van der Waals surface area (Å²) >= 11 is 0. The van der Waals surface area contributed by atoms with Crippen molar-refractivity contribution in [3.8, 4) is 5.75 Å². The summed E-state index contributed by atoms with van der Waals surface area (Å²) in [4.78, 5) is 0. The van der Waals surface area contributed by atoms with Crippen LogP contribution in [0.2, 0.25) is 0 Å². The SMILES string of the molecule is COc1ccc(C=CC(C)O)cc1. The van der Waals surface area contributed by atoms with Crippen molar-refractivity contribution in [2.24, 2.45) is 0 Å². The molecule has 0 aliphatic carbocycles. The van der Waals surface area contributed by atoms with Gasteiger partial charge in [0.05, 0.1) is 13.2 Å². The van der Waals surface area contributed by atoms with E-state index in [9.17, 15) is 0 Å². The average Bonchev–Trinajstić information content (AvgIpc) is 2.15. The summed E-state index contributed by atoms with van der Waals surface area (Å²) in [5.41, 5.74) is 1.06. The van der Waals surface area contributed by atoms with Gasteiger partial charge in [-0.05, 0) is 24.6 Å². The molecule has 0 radical (unpaired) electrons. The molecule has 1 unspecified atom stereocenters. The fourth-order valence-corrected chi connectivity index (χ4v) is 0.965. The highest BCUT2D eigenvalue weighted by Crippen LogP contribution is 2.12. The second kappa shape index (κ2) is 4.67. The van der Waals surface area contributed by atoms with Crippen LogP contribution in [0.1, 0.15) is 12.5 Å². The van der Waals surface area contributed by atoms with Crippen LogP contribution in [-0.2, 0) is 0 Å². The number of aliphatic hydroxyl groups is 1. The number of ether oxygens (including phenoxy) is 1. The van der Waals surface area contributed by atoms with E-state index in [2.05, 4.69) is 0 Å². The number of aliphatic hydroxyl groups excluding tert-OH is 1. The molecular weight excluding hydrogens is 164 g/mol. The van der Waals surface area contributed by atoms with Crippen LogP contribution in [0.3, 0.4) is 0 Å². The molecular formula is C11H14O2. The summed E-state index contributed by atoms with van der Waals surface area (Å²) in [5.74, 6) is 0.842. The molecule has 1 N–H and O–H groups in total. The second-order valence-corrected chi connectivity index (χ2v) is 2.87. The third-order valence-electron chi connectivity index (χ3n) is 1.68. The molecule has 1 atom stereocenters. The molecule has 1 rings (SSSR count). The lowest BCUT2D eigenvalue weighted by Crippen LogP contribution is -1.91. The quantitative estimate of drug-likeness (QED) is 0.768. The summed E-state index contributed by atoms with van der Waals surface area (Å²) in [5, 5.41) is 9.00. The maximum Gasteiger partial charge on any atom is 0.118 e. The minimum absolute atomic E-state index is 0.401. The zero-order chi connectivity index (χ0) is 9.68. The van der Waals surface area contributed by atoms with Crippen LogP contribution in [0.4, 0.5) is 0 Å². The van der Waals surface area contributed by atoms with Gasteiger partial charge in [-0.25, -0.2) is 0 Å². The smallest absolute Gasteiger partial charge is 0.118 e. The maximum absolute atomic E-state index is 9.00. The Labute approximate surface area is 78.5 Å². The van der Waals surface area contributed by atoms with E-state index < -0.39 is 6.10 Å². The summed E-state index contributed by atoms with van der Waals surface area (Å²) in [6, 6.07) is 7.67. The molecule has 0 bridgehead atoms. The molecule has 0 aliphatic rings. The Morgan fingerprint density at radius 2 is 1.92 bits per heavy atom. The van der Waals surface area contributed by atoms with Gasteiger partial charge in [-0.1, -0.05) is 24.3 Å². The Morgan fingerprint density at radius 1 is 1.31 bits per heavy atom. The van der Waals surface area contributed by atoms with Crippen LogP contribution in [0.15, 0.2) is 30.3 Å². The molecule has 70 valence electrons. The highest BCUT2D eigenvalue weighted by Gasteiger charge is 1.90. The van der Waals surface area contributed by atoms with Gasteiger partial charge in [0.1, 0.15) is 5.75 Å². The van der Waals surface area contributed by atoms with Gasteiger partial charge in [-0.15, -0.1) is 0 Å². The van der Waals surface area contributed by atoms with Crippen molar-refractivity contribution >= 4 is 6.08 Å². The molecule has 0 amide bonds. The lowest BCUT2D eigenvalue weighted by atomic mass is 10.2. The van der Waals surface area contributed by atoms with Crippen molar-refractivity contribution < 1.29 is 9.84 Å². The van der Waals surface area contributed by atoms with Crippen molar-refractivity contribution in [3.63, 3.8) is 0 Å². The number of benzene rings is 1. The average molecular weight is 178 g/mol. The molecule has 0 fully saturated rings. The minimum Gasteiger partial charge on any atom is -0.497 e. The fraction of sp³-hybridized carbons (Fsp3) is 0.273. The standard InChI is InChI=1S/C11H14O2/c1-9(12)3-4-10-5-7-11(13-2)8-6-10/h3-9,12H,1-2H3. The van der Waals surface area contributed by atoms with Gasteiger partial charge < -0.3 is 9.84 Å². The molecule has 0 saturated carbocycles. The van der Waals surface area contributed by atoms with Gasteiger partial charge in [-0.2, -0.15) is 0 Å². The molecule has 0 heterocycles.